The zero-order chi connectivity index (χ0) is 24.7. The number of hydrogen-bond donors (Lipinski definition) is 1. The second-order valence-electron chi connectivity index (χ2n) is 6.98. The van der Waals surface area contributed by atoms with Gasteiger partial charge in [-0.25, -0.2) is 8.78 Å². The number of nitrogens with zero attached hydrogens (tertiary/aromatic N) is 3. The lowest BCUT2D eigenvalue weighted by Gasteiger charge is -2.14. The number of carbonyl (C=O) groups is 2. The van der Waals surface area contributed by atoms with Crippen LogP contribution in [0.1, 0.15) is 38.3 Å². The summed E-state index contributed by atoms with van der Waals surface area (Å²) < 4.78 is 31.3. The lowest BCUT2D eigenvalue weighted by Crippen LogP contribution is -2.31. The molecule has 0 aromatic heterocycles. The number of phenols is 1. The summed E-state index contributed by atoms with van der Waals surface area (Å²) in [4.78, 5) is 25.5. The fraction of sp³-hybridized carbons (Fsp3) is 0.120. The first-order chi connectivity index (χ1) is 16.4. The normalized spacial score (nSPS) is 11.7. The van der Waals surface area contributed by atoms with Gasteiger partial charge in [0.1, 0.15) is 46.4 Å². The van der Waals surface area contributed by atoms with Crippen molar-refractivity contribution in [2.24, 2.45) is 0 Å². The number of benzene rings is 3. The van der Waals surface area contributed by atoms with E-state index >= 15 is 0 Å². The number of phenolic OH excluding ortho intramolecular Hbond substituents is 1. The molecule has 4 rings (SSSR count). The highest BCUT2D eigenvalue weighted by atomic mass is 19.1. The molecule has 3 aromatic rings. The molecule has 2 amide bonds. The van der Waals surface area contributed by atoms with E-state index in [0.29, 0.717) is 17.5 Å². The summed E-state index contributed by atoms with van der Waals surface area (Å²) in [5.41, 5.74) is 0.348. The van der Waals surface area contributed by atoms with Crippen LogP contribution in [0.3, 0.4) is 0 Å². The minimum absolute atomic E-state index is 0.153. The van der Waals surface area contributed by atoms with Gasteiger partial charge >= 0.3 is 0 Å². The molecule has 0 spiro atoms. The first-order valence-corrected chi connectivity index (χ1v) is 10.0. The Morgan fingerprint density at radius 1 is 0.824 bits per heavy atom. The van der Waals surface area contributed by atoms with Crippen molar-refractivity contribution >= 4 is 11.8 Å². The fourth-order valence-electron chi connectivity index (χ4n) is 3.20. The molecule has 1 aliphatic rings. The van der Waals surface area contributed by atoms with Gasteiger partial charge in [0.25, 0.3) is 11.8 Å². The first-order valence-electron chi connectivity index (χ1n) is 10.0. The van der Waals surface area contributed by atoms with Gasteiger partial charge < -0.3 is 9.84 Å². The van der Waals surface area contributed by atoms with E-state index in [2.05, 4.69) is 0 Å². The van der Waals surface area contributed by atoms with Crippen molar-refractivity contribution < 1.29 is 28.2 Å². The summed E-state index contributed by atoms with van der Waals surface area (Å²) in [6.45, 7) is 0.356. The van der Waals surface area contributed by atoms with E-state index in [1.807, 2.05) is 0 Å². The predicted molar refractivity (Wildman–Crippen MR) is 116 cm³/mol. The Morgan fingerprint density at radius 2 is 1.38 bits per heavy atom. The Hall–Kier alpha value is -4.76. The summed E-state index contributed by atoms with van der Waals surface area (Å²) in [6.07, 6.45) is 0.382. The predicted octanol–water partition coefficient (Wildman–Crippen LogP) is 4.17. The smallest absolute Gasteiger partial charge is 0.261 e. The average molecular weight is 461 g/mol. The number of fused-ring (bicyclic) bond motifs is 1. The highest BCUT2D eigenvalue weighted by molar-refractivity contribution is 6.21. The Morgan fingerprint density at radius 3 is 1.91 bits per heavy atom. The third-order valence-corrected chi connectivity index (χ3v) is 4.85. The minimum atomic E-state index is -0.692. The maximum absolute atomic E-state index is 13.5. The molecule has 0 bridgehead atoms. The molecule has 3 aromatic carbocycles. The van der Waals surface area contributed by atoms with Crippen molar-refractivity contribution in [1.29, 1.82) is 10.5 Å². The standard InChI is InChI=1S/C18H13FN2O3.C7H4FNO/c19-15-7-3-8-16(14(15)11-20)24-10-4-9-21-17(22)12-5-1-2-6-13(12)18(21)23;8-6-2-1-3-7(10)5(6)4-9/h1-3,5-8H,4,9-10H2;1-3,10H. The summed E-state index contributed by atoms with van der Waals surface area (Å²) in [5, 5.41) is 26.0. The Labute approximate surface area is 193 Å². The lowest BCUT2D eigenvalue weighted by molar-refractivity contribution is 0.0646. The van der Waals surface area contributed by atoms with Gasteiger partial charge in [-0.15, -0.1) is 0 Å². The van der Waals surface area contributed by atoms with Crippen LogP contribution in [0.4, 0.5) is 8.78 Å². The van der Waals surface area contributed by atoms with E-state index in [9.17, 15) is 18.4 Å². The average Bonchev–Trinajstić information content (AvgIpc) is 3.07. The topological polar surface area (TPSA) is 114 Å². The first kappa shape index (κ1) is 23.9. The van der Waals surface area contributed by atoms with E-state index in [4.69, 9.17) is 20.4 Å². The zero-order valence-corrected chi connectivity index (χ0v) is 17.7. The SMILES string of the molecule is N#Cc1c(F)cccc1OCCCN1C(=O)c2ccccc2C1=O.N#Cc1c(O)cccc1F. The van der Waals surface area contributed by atoms with Gasteiger partial charge in [0.05, 0.1) is 17.7 Å². The second kappa shape index (κ2) is 10.7. The van der Waals surface area contributed by atoms with E-state index in [0.717, 1.165) is 6.07 Å². The molecule has 0 fully saturated rings. The van der Waals surface area contributed by atoms with E-state index in [1.165, 1.54) is 41.3 Å². The van der Waals surface area contributed by atoms with Gasteiger partial charge in [0.2, 0.25) is 0 Å². The van der Waals surface area contributed by atoms with Crippen LogP contribution in [0, 0.1) is 34.3 Å². The van der Waals surface area contributed by atoms with Gasteiger partial charge in [0.15, 0.2) is 0 Å². The van der Waals surface area contributed by atoms with Crippen LogP contribution in [0.25, 0.3) is 0 Å². The highest BCUT2D eigenvalue weighted by Gasteiger charge is 2.34. The zero-order valence-electron chi connectivity index (χ0n) is 17.7. The number of ether oxygens (including phenoxy) is 1. The van der Waals surface area contributed by atoms with Crippen LogP contribution in [-0.2, 0) is 0 Å². The van der Waals surface area contributed by atoms with E-state index < -0.39 is 11.6 Å². The maximum atomic E-state index is 13.5. The van der Waals surface area contributed by atoms with Crippen LogP contribution < -0.4 is 4.74 Å². The Bertz CT molecular complexity index is 1270. The van der Waals surface area contributed by atoms with Crippen LogP contribution in [0.2, 0.25) is 0 Å². The molecule has 9 heteroatoms. The molecule has 0 unspecified atom stereocenters. The van der Waals surface area contributed by atoms with Gasteiger partial charge in [-0.05, 0) is 42.8 Å². The number of amides is 2. The molecule has 0 radical (unpaired) electrons. The molecule has 1 N–H and O–H groups in total. The molecule has 1 aliphatic heterocycles. The van der Waals surface area contributed by atoms with E-state index in [1.54, 1.807) is 30.3 Å². The Kier molecular flexibility index (Phi) is 7.52. The van der Waals surface area contributed by atoms with Gasteiger partial charge in [-0.2, -0.15) is 10.5 Å². The quantitative estimate of drug-likeness (QED) is 0.451. The summed E-state index contributed by atoms with van der Waals surface area (Å²) in [7, 11) is 0. The molecule has 170 valence electrons. The minimum Gasteiger partial charge on any atom is -0.506 e. The molecular weight excluding hydrogens is 444 g/mol. The number of nitriles is 2. The number of aromatic hydroxyl groups is 1. The largest absolute Gasteiger partial charge is 0.506 e. The third kappa shape index (κ3) is 5.00. The van der Waals surface area contributed by atoms with Crippen molar-refractivity contribution in [3.8, 4) is 23.6 Å². The number of halogens is 2. The summed E-state index contributed by atoms with van der Waals surface area (Å²) in [5.74, 6) is -2.14. The number of carbonyl (C=O) groups excluding carboxylic acids is 2. The molecule has 34 heavy (non-hydrogen) atoms. The van der Waals surface area contributed by atoms with Crippen molar-refractivity contribution in [2.75, 3.05) is 13.2 Å². The number of rotatable bonds is 5. The molecular formula is C25H17F2N3O4. The van der Waals surface area contributed by atoms with Crippen molar-refractivity contribution in [1.82, 2.24) is 4.90 Å². The molecule has 0 saturated heterocycles. The fourth-order valence-corrected chi connectivity index (χ4v) is 3.20. The highest BCUT2D eigenvalue weighted by Crippen LogP contribution is 2.23. The van der Waals surface area contributed by atoms with Crippen molar-refractivity contribution in [3.05, 3.63) is 94.6 Å². The molecule has 0 atom stereocenters. The van der Waals surface area contributed by atoms with E-state index in [-0.39, 0.29) is 47.6 Å². The van der Waals surface area contributed by atoms with Crippen LogP contribution in [0.5, 0.6) is 11.5 Å². The van der Waals surface area contributed by atoms with Gasteiger partial charge in [0, 0.05) is 6.54 Å². The monoisotopic (exact) mass is 461 g/mol. The lowest BCUT2D eigenvalue weighted by atomic mass is 10.1. The maximum Gasteiger partial charge on any atom is 0.261 e. The number of hydrogen-bond acceptors (Lipinski definition) is 6. The van der Waals surface area contributed by atoms with Gasteiger partial charge in [-0.1, -0.05) is 24.3 Å². The molecule has 7 nitrogen and oxygen atoms in total. The molecule has 0 saturated carbocycles. The van der Waals surface area contributed by atoms with Crippen LogP contribution in [0.15, 0.2) is 60.7 Å². The number of imide groups is 1. The van der Waals surface area contributed by atoms with Crippen molar-refractivity contribution in [3.63, 3.8) is 0 Å². The second-order valence-corrected chi connectivity index (χ2v) is 6.98. The van der Waals surface area contributed by atoms with Crippen molar-refractivity contribution in [2.45, 2.75) is 6.42 Å². The third-order valence-electron chi connectivity index (χ3n) is 4.85. The summed E-state index contributed by atoms with van der Waals surface area (Å²) in [6, 6.07) is 17.8. The molecule has 0 aliphatic carbocycles. The van der Waals surface area contributed by atoms with Crippen LogP contribution >= 0.6 is 0 Å². The Balaban J connectivity index is 0.000000271. The van der Waals surface area contributed by atoms with Gasteiger partial charge in [-0.3, -0.25) is 14.5 Å². The summed E-state index contributed by atoms with van der Waals surface area (Å²) >= 11 is 0. The molecule has 1 heterocycles. The van der Waals surface area contributed by atoms with Crippen LogP contribution in [-0.4, -0.2) is 35.0 Å².